The predicted molar refractivity (Wildman–Crippen MR) is 124 cm³/mol. The third-order valence-corrected chi connectivity index (χ3v) is 3.96. The number of ether oxygens (including phenoxy) is 7. The molecule has 0 rings (SSSR count). The molecule has 0 atom stereocenters. The van der Waals surface area contributed by atoms with Crippen molar-refractivity contribution in [3.63, 3.8) is 0 Å². The Balaban J connectivity index is 4.12. The van der Waals surface area contributed by atoms with Crippen LogP contribution in [0.1, 0.15) is 0 Å². The van der Waals surface area contributed by atoms with Crippen LogP contribution >= 0.6 is 0 Å². The molecule has 11 heteroatoms. The zero-order valence-corrected chi connectivity index (χ0v) is 19.9. The Morgan fingerprint density at radius 3 is 0.971 bits per heavy atom. The average molecular weight is 499 g/mol. The Hall–Kier alpha value is -3.28. The minimum atomic E-state index is -0.589. The molecule has 0 amide bonds. The lowest BCUT2D eigenvalue weighted by Gasteiger charge is -2.17. The largest absolute Gasteiger partial charge is 0.462 e. The molecule has 0 aliphatic heterocycles. The summed E-state index contributed by atoms with van der Waals surface area (Å²) in [5.41, 5.74) is 0. The van der Waals surface area contributed by atoms with E-state index in [1.165, 1.54) is 0 Å². The maximum atomic E-state index is 11.2. The highest BCUT2D eigenvalue weighted by Crippen LogP contribution is 2.03. The molecule has 0 aliphatic rings. The minimum Gasteiger partial charge on any atom is -0.462 e. The highest BCUT2D eigenvalue weighted by molar-refractivity contribution is 5.82. The van der Waals surface area contributed by atoms with E-state index in [1.54, 1.807) is 0 Å². The second kappa shape index (κ2) is 21.3. The molecule has 0 aromatic carbocycles. The van der Waals surface area contributed by atoms with Gasteiger partial charge in [-0.1, -0.05) is 26.3 Å². The van der Waals surface area contributed by atoms with E-state index in [4.69, 9.17) is 33.2 Å². The molecule has 0 aromatic heterocycles. The van der Waals surface area contributed by atoms with Crippen LogP contribution in [-0.2, 0) is 52.3 Å². The summed E-state index contributed by atoms with van der Waals surface area (Å²) < 4.78 is 36.3. The van der Waals surface area contributed by atoms with Crippen molar-refractivity contribution in [2.45, 2.75) is 0 Å². The van der Waals surface area contributed by atoms with Crippen LogP contribution < -0.4 is 0 Å². The van der Waals surface area contributed by atoms with Crippen molar-refractivity contribution in [3.05, 3.63) is 50.6 Å². The molecule has 0 spiro atoms. The van der Waals surface area contributed by atoms with Gasteiger partial charge in [-0.25, -0.2) is 19.2 Å². The van der Waals surface area contributed by atoms with E-state index in [1.807, 2.05) is 0 Å². The van der Waals surface area contributed by atoms with Gasteiger partial charge in [0.25, 0.3) is 0 Å². The molecule has 0 aliphatic carbocycles. The highest BCUT2D eigenvalue weighted by Gasteiger charge is 2.15. The summed E-state index contributed by atoms with van der Waals surface area (Å²) in [4.78, 5) is 44.9. The molecule has 0 saturated carbocycles. The summed E-state index contributed by atoms with van der Waals surface area (Å²) in [5, 5.41) is 0. The highest BCUT2D eigenvalue weighted by atomic mass is 16.6. The fraction of sp³-hybridized carbons (Fsp3) is 0.500. The smallest absolute Gasteiger partial charge is 0.330 e. The Morgan fingerprint density at radius 1 is 0.457 bits per heavy atom. The van der Waals surface area contributed by atoms with Crippen molar-refractivity contribution >= 4 is 23.9 Å². The molecular weight excluding hydrogens is 464 g/mol. The van der Waals surface area contributed by atoms with Crippen LogP contribution in [0.3, 0.4) is 0 Å². The Morgan fingerprint density at radius 2 is 0.714 bits per heavy atom. The molecule has 0 unspecified atom stereocenters. The molecule has 0 aromatic rings. The molecular formula is C24H34O11. The molecule has 0 saturated heterocycles. The summed E-state index contributed by atoms with van der Waals surface area (Å²) in [6.45, 7) is 14.6. The third-order valence-electron chi connectivity index (χ3n) is 3.96. The molecule has 0 bridgehead atoms. The first-order valence-electron chi connectivity index (χ1n) is 10.8. The molecule has 11 nitrogen and oxygen atoms in total. The van der Waals surface area contributed by atoms with E-state index in [0.717, 1.165) is 24.3 Å². The van der Waals surface area contributed by atoms with Crippen LogP contribution in [-0.4, -0.2) is 89.9 Å². The van der Waals surface area contributed by atoms with E-state index >= 15 is 0 Å². The first-order chi connectivity index (χ1) is 16.9. The monoisotopic (exact) mass is 498 g/mol. The number of hydrogen-bond donors (Lipinski definition) is 0. The minimum absolute atomic E-state index is 0.00460. The van der Waals surface area contributed by atoms with Crippen molar-refractivity contribution in [1.29, 1.82) is 0 Å². The van der Waals surface area contributed by atoms with Crippen LogP contribution in [0.5, 0.6) is 0 Å². The van der Waals surface area contributed by atoms with Crippen LogP contribution in [0.25, 0.3) is 0 Å². The molecule has 0 fully saturated rings. The Bertz CT molecular complexity index is 596. The number of esters is 4. The fourth-order valence-electron chi connectivity index (χ4n) is 2.16. The van der Waals surface area contributed by atoms with E-state index in [9.17, 15) is 19.2 Å². The van der Waals surface area contributed by atoms with Gasteiger partial charge in [0, 0.05) is 24.3 Å². The summed E-state index contributed by atoms with van der Waals surface area (Å²) in [5.74, 6) is -3.09. The van der Waals surface area contributed by atoms with Gasteiger partial charge in [0.15, 0.2) is 0 Å². The lowest BCUT2D eigenvalue weighted by Crippen LogP contribution is -2.25. The number of rotatable bonds is 22. The summed E-state index contributed by atoms with van der Waals surface area (Å²) in [7, 11) is 0. The maximum absolute atomic E-state index is 11.2. The number of carbonyl (C=O) groups excluding carboxylic acids is 4. The maximum Gasteiger partial charge on any atom is 0.330 e. The van der Waals surface area contributed by atoms with Crippen molar-refractivity contribution in [1.82, 2.24) is 0 Å². The molecule has 0 heterocycles. The SMILES string of the molecule is C=CC(=O)OCC(COCCOCCOCC(COC(=O)C=C)COC(=O)C=C)COC(=O)C=C. The Kier molecular flexibility index (Phi) is 19.3. The zero-order chi connectivity index (χ0) is 26.3. The van der Waals surface area contributed by atoms with Crippen molar-refractivity contribution in [2.24, 2.45) is 11.8 Å². The van der Waals surface area contributed by atoms with Crippen molar-refractivity contribution in [3.8, 4) is 0 Å². The van der Waals surface area contributed by atoms with Gasteiger partial charge in [-0.15, -0.1) is 0 Å². The number of carbonyl (C=O) groups is 4. The average Bonchev–Trinajstić information content (AvgIpc) is 2.88. The fourth-order valence-corrected chi connectivity index (χ4v) is 2.16. The van der Waals surface area contributed by atoms with Gasteiger partial charge in [0.1, 0.15) is 0 Å². The second-order valence-electron chi connectivity index (χ2n) is 6.83. The summed E-state index contributed by atoms with van der Waals surface area (Å²) in [6.07, 6.45) is 4.14. The van der Waals surface area contributed by atoms with Crippen LogP contribution in [0.4, 0.5) is 0 Å². The van der Waals surface area contributed by atoms with Crippen LogP contribution in [0.15, 0.2) is 50.6 Å². The van der Waals surface area contributed by atoms with E-state index in [0.29, 0.717) is 0 Å². The molecule has 0 radical (unpaired) electrons. The molecule has 35 heavy (non-hydrogen) atoms. The van der Waals surface area contributed by atoms with Gasteiger partial charge in [0.05, 0.1) is 77.9 Å². The van der Waals surface area contributed by atoms with Gasteiger partial charge in [-0.2, -0.15) is 0 Å². The van der Waals surface area contributed by atoms with Gasteiger partial charge >= 0.3 is 23.9 Å². The predicted octanol–water partition coefficient (Wildman–Crippen LogP) is 1.19. The molecule has 196 valence electrons. The van der Waals surface area contributed by atoms with Gasteiger partial charge in [-0.05, 0) is 0 Å². The first-order valence-corrected chi connectivity index (χ1v) is 10.8. The second-order valence-corrected chi connectivity index (χ2v) is 6.83. The summed E-state index contributed by atoms with van der Waals surface area (Å²) in [6, 6.07) is 0. The van der Waals surface area contributed by atoms with Crippen molar-refractivity contribution < 1.29 is 52.3 Å². The van der Waals surface area contributed by atoms with E-state index < -0.39 is 23.9 Å². The van der Waals surface area contributed by atoms with Gasteiger partial charge in [0.2, 0.25) is 0 Å². The Labute approximate surface area is 205 Å². The van der Waals surface area contributed by atoms with E-state index in [2.05, 4.69) is 26.3 Å². The van der Waals surface area contributed by atoms with Gasteiger partial charge < -0.3 is 33.2 Å². The standard InChI is InChI=1S/C24H34O11/c1-5-21(25)32-15-19(16-33-22(26)6-2)13-30-11-9-29-10-12-31-14-20(17-34-23(27)7-3)18-35-24(28)8-4/h5-8,19-20H,1-4,9-18H2. The van der Waals surface area contributed by atoms with E-state index in [-0.39, 0.29) is 77.9 Å². The van der Waals surface area contributed by atoms with Crippen LogP contribution in [0.2, 0.25) is 0 Å². The summed E-state index contributed by atoms with van der Waals surface area (Å²) >= 11 is 0. The van der Waals surface area contributed by atoms with Gasteiger partial charge in [-0.3, -0.25) is 0 Å². The van der Waals surface area contributed by atoms with Crippen LogP contribution in [0, 0.1) is 11.8 Å². The first kappa shape index (κ1) is 31.7. The lowest BCUT2D eigenvalue weighted by atomic mass is 10.2. The molecule has 0 N–H and O–H groups in total. The quantitative estimate of drug-likeness (QED) is 0.0922. The third kappa shape index (κ3) is 18.8. The lowest BCUT2D eigenvalue weighted by molar-refractivity contribution is -0.146. The number of hydrogen-bond acceptors (Lipinski definition) is 11. The zero-order valence-electron chi connectivity index (χ0n) is 19.9. The van der Waals surface area contributed by atoms with Crippen molar-refractivity contribution in [2.75, 3.05) is 66.1 Å². The normalized spacial score (nSPS) is 10.3. The topological polar surface area (TPSA) is 133 Å².